The van der Waals surface area contributed by atoms with Crippen LogP contribution < -0.4 is 5.73 Å². The molecule has 1 aliphatic rings. The summed E-state index contributed by atoms with van der Waals surface area (Å²) < 4.78 is 13.3. The Morgan fingerprint density at radius 3 is 2.90 bits per heavy atom. The smallest absolute Gasteiger partial charge is 0.123 e. The molecule has 20 heavy (non-hydrogen) atoms. The van der Waals surface area contributed by atoms with Crippen LogP contribution in [-0.2, 0) is 0 Å². The summed E-state index contributed by atoms with van der Waals surface area (Å²) in [5, 5.41) is 0. The van der Waals surface area contributed by atoms with Crippen molar-refractivity contribution in [2.75, 3.05) is 33.2 Å². The van der Waals surface area contributed by atoms with E-state index in [0.717, 1.165) is 38.2 Å². The van der Waals surface area contributed by atoms with Gasteiger partial charge >= 0.3 is 0 Å². The summed E-state index contributed by atoms with van der Waals surface area (Å²) in [7, 11) is 2.18. The number of hydrogen-bond acceptors (Lipinski definition) is 3. The van der Waals surface area contributed by atoms with E-state index in [0.29, 0.717) is 6.04 Å². The molecule has 1 aromatic rings. The summed E-state index contributed by atoms with van der Waals surface area (Å²) in [6.45, 7) is 6.33. The van der Waals surface area contributed by atoms with E-state index < -0.39 is 0 Å². The molecule has 0 amide bonds. The Morgan fingerprint density at radius 2 is 2.20 bits per heavy atom. The molecule has 1 fully saturated rings. The molecule has 0 bridgehead atoms. The first-order valence-corrected chi connectivity index (χ1v) is 7.53. The highest BCUT2D eigenvalue weighted by molar-refractivity contribution is 5.20. The van der Waals surface area contributed by atoms with Gasteiger partial charge in [-0.05, 0) is 50.7 Å². The summed E-state index contributed by atoms with van der Waals surface area (Å²) in [5.41, 5.74) is 7.16. The molecule has 2 atom stereocenters. The molecule has 0 saturated carbocycles. The van der Waals surface area contributed by atoms with Gasteiger partial charge in [-0.1, -0.05) is 19.1 Å². The van der Waals surface area contributed by atoms with Crippen molar-refractivity contribution in [1.82, 2.24) is 9.80 Å². The number of hydrogen-bond donors (Lipinski definition) is 1. The lowest BCUT2D eigenvalue weighted by Gasteiger charge is -2.32. The summed E-state index contributed by atoms with van der Waals surface area (Å²) >= 11 is 0. The zero-order valence-corrected chi connectivity index (χ0v) is 12.6. The van der Waals surface area contributed by atoms with Gasteiger partial charge in [-0.15, -0.1) is 0 Å². The fraction of sp³-hybridized carbons (Fsp3) is 0.625. The molecule has 2 unspecified atom stereocenters. The predicted molar refractivity (Wildman–Crippen MR) is 81.1 cm³/mol. The maximum atomic E-state index is 13.3. The van der Waals surface area contributed by atoms with Gasteiger partial charge in [0.2, 0.25) is 0 Å². The molecule has 1 heterocycles. The first kappa shape index (κ1) is 15.4. The monoisotopic (exact) mass is 279 g/mol. The normalized spacial score (nSPS) is 23.5. The average molecular weight is 279 g/mol. The second kappa shape index (κ2) is 7.16. The van der Waals surface area contributed by atoms with E-state index in [4.69, 9.17) is 5.73 Å². The van der Waals surface area contributed by atoms with E-state index in [1.54, 1.807) is 12.1 Å². The van der Waals surface area contributed by atoms with Gasteiger partial charge in [0.05, 0.1) is 0 Å². The van der Waals surface area contributed by atoms with Gasteiger partial charge in [-0.25, -0.2) is 4.39 Å². The minimum Gasteiger partial charge on any atom is -0.323 e. The molecule has 1 saturated heterocycles. The molecule has 0 spiro atoms. The van der Waals surface area contributed by atoms with Gasteiger partial charge in [-0.2, -0.15) is 0 Å². The van der Waals surface area contributed by atoms with Crippen molar-refractivity contribution in [1.29, 1.82) is 0 Å². The Kier molecular flexibility index (Phi) is 5.52. The number of likely N-dealkylation sites (N-methyl/N-ethyl adjacent to an activating group) is 1. The molecule has 2 rings (SSSR count). The van der Waals surface area contributed by atoms with Crippen LogP contribution in [0.1, 0.15) is 31.4 Å². The second-order valence-corrected chi connectivity index (χ2v) is 5.83. The van der Waals surface area contributed by atoms with Crippen molar-refractivity contribution in [3.8, 4) is 0 Å². The van der Waals surface area contributed by atoms with Crippen LogP contribution in [-0.4, -0.2) is 49.1 Å². The van der Waals surface area contributed by atoms with Crippen molar-refractivity contribution in [2.24, 2.45) is 5.73 Å². The van der Waals surface area contributed by atoms with E-state index >= 15 is 0 Å². The number of benzene rings is 1. The fourth-order valence-corrected chi connectivity index (χ4v) is 3.02. The van der Waals surface area contributed by atoms with Gasteiger partial charge in [0.25, 0.3) is 0 Å². The minimum atomic E-state index is -0.208. The Bertz CT molecular complexity index is 424. The molecular weight excluding hydrogens is 253 g/mol. The van der Waals surface area contributed by atoms with Crippen molar-refractivity contribution in [3.63, 3.8) is 0 Å². The van der Waals surface area contributed by atoms with Crippen molar-refractivity contribution in [3.05, 3.63) is 35.6 Å². The van der Waals surface area contributed by atoms with Crippen LogP contribution >= 0.6 is 0 Å². The van der Waals surface area contributed by atoms with Gasteiger partial charge in [0.15, 0.2) is 0 Å². The van der Waals surface area contributed by atoms with E-state index in [1.807, 2.05) is 6.07 Å². The maximum Gasteiger partial charge on any atom is 0.123 e. The largest absolute Gasteiger partial charge is 0.323 e. The molecule has 0 aliphatic carbocycles. The lowest BCUT2D eigenvalue weighted by atomic mass is 10.1. The molecule has 0 radical (unpaired) electrons. The maximum absolute atomic E-state index is 13.3. The van der Waals surface area contributed by atoms with E-state index in [9.17, 15) is 4.39 Å². The van der Waals surface area contributed by atoms with Crippen LogP contribution in [0.15, 0.2) is 24.3 Å². The molecule has 4 heteroatoms. The Hall–Kier alpha value is -0.970. The average Bonchev–Trinajstić information content (AvgIpc) is 2.60. The molecular formula is C16H26FN3. The molecule has 3 nitrogen and oxygen atoms in total. The van der Waals surface area contributed by atoms with Crippen LogP contribution in [0.3, 0.4) is 0 Å². The third-order valence-corrected chi connectivity index (χ3v) is 4.20. The van der Waals surface area contributed by atoms with Crippen LogP contribution in [0.4, 0.5) is 4.39 Å². The molecule has 0 aromatic heterocycles. The standard InChI is InChI=1S/C16H26FN3/c1-3-15-11-19(2)8-5-9-20(15)12-16(18)13-6-4-7-14(17)10-13/h4,6-7,10,15-16H,3,5,8-9,11-12,18H2,1-2H3. The Morgan fingerprint density at radius 1 is 1.40 bits per heavy atom. The van der Waals surface area contributed by atoms with E-state index in [2.05, 4.69) is 23.8 Å². The lowest BCUT2D eigenvalue weighted by Crippen LogP contribution is -2.43. The quantitative estimate of drug-likeness (QED) is 0.917. The highest BCUT2D eigenvalue weighted by Crippen LogP contribution is 2.18. The molecule has 1 aliphatic heterocycles. The van der Waals surface area contributed by atoms with Crippen LogP contribution in [0, 0.1) is 5.82 Å². The third kappa shape index (κ3) is 4.01. The fourth-order valence-electron chi connectivity index (χ4n) is 3.02. The number of nitrogens with zero attached hydrogens (tertiary/aromatic N) is 2. The van der Waals surface area contributed by atoms with Crippen LogP contribution in [0.2, 0.25) is 0 Å². The molecule has 1 aromatic carbocycles. The summed E-state index contributed by atoms with van der Waals surface area (Å²) in [5.74, 6) is -0.208. The first-order chi connectivity index (χ1) is 9.60. The number of halogens is 1. The first-order valence-electron chi connectivity index (χ1n) is 7.53. The highest BCUT2D eigenvalue weighted by atomic mass is 19.1. The van der Waals surface area contributed by atoms with Gasteiger partial charge < -0.3 is 10.6 Å². The summed E-state index contributed by atoms with van der Waals surface area (Å²) in [4.78, 5) is 4.86. The van der Waals surface area contributed by atoms with Crippen molar-refractivity contribution in [2.45, 2.75) is 31.8 Å². The molecule has 112 valence electrons. The zero-order valence-electron chi connectivity index (χ0n) is 12.6. The minimum absolute atomic E-state index is 0.122. The third-order valence-electron chi connectivity index (χ3n) is 4.20. The second-order valence-electron chi connectivity index (χ2n) is 5.83. The predicted octanol–water partition coefficient (Wildman–Crippen LogP) is 2.24. The van der Waals surface area contributed by atoms with Crippen LogP contribution in [0.25, 0.3) is 0 Å². The summed E-state index contributed by atoms with van der Waals surface area (Å²) in [6.07, 6.45) is 2.29. The van der Waals surface area contributed by atoms with E-state index in [-0.39, 0.29) is 11.9 Å². The zero-order chi connectivity index (χ0) is 14.5. The topological polar surface area (TPSA) is 32.5 Å². The van der Waals surface area contributed by atoms with E-state index in [1.165, 1.54) is 12.5 Å². The Labute approximate surface area is 121 Å². The van der Waals surface area contributed by atoms with Crippen molar-refractivity contribution >= 4 is 0 Å². The Balaban J connectivity index is 2.03. The van der Waals surface area contributed by atoms with Gasteiger partial charge in [0.1, 0.15) is 5.82 Å². The summed E-state index contributed by atoms with van der Waals surface area (Å²) in [6, 6.07) is 7.09. The number of rotatable bonds is 4. The highest BCUT2D eigenvalue weighted by Gasteiger charge is 2.23. The van der Waals surface area contributed by atoms with Crippen LogP contribution in [0.5, 0.6) is 0 Å². The van der Waals surface area contributed by atoms with Gasteiger partial charge in [-0.3, -0.25) is 4.90 Å². The number of nitrogens with two attached hydrogens (primary N) is 1. The molecule has 2 N–H and O–H groups in total. The van der Waals surface area contributed by atoms with Gasteiger partial charge in [0, 0.05) is 25.2 Å². The SMILES string of the molecule is CCC1CN(C)CCCN1CC(N)c1cccc(F)c1. The lowest BCUT2D eigenvalue weighted by molar-refractivity contribution is 0.174. The van der Waals surface area contributed by atoms with Crippen molar-refractivity contribution < 1.29 is 4.39 Å².